The van der Waals surface area contributed by atoms with Gasteiger partial charge in [0.25, 0.3) is 0 Å². The first kappa shape index (κ1) is 59.7. The lowest BCUT2D eigenvalue weighted by atomic mass is 9.89. The van der Waals surface area contributed by atoms with Crippen LogP contribution >= 0.6 is 0 Å². The maximum absolute atomic E-state index is 13.9. The first-order valence-electron chi connectivity index (χ1n) is 24.4. The van der Waals surface area contributed by atoms with E-state index in [1.165, 1.54) is 23.6 Å². The Bertz CT molecular complexity index is 2680. The summed E-state index contributed by atoms with van der Waals surface area (Å²) in [7, 11) is -4.33. The molecular formula is C49H67F3N9O13S+. The molecule has 0 saturated heterocycles. The number of aliphatic hydroxyl groups is 2. The summed E-state index contributed by atoms with van der Waals surface area (Å²) in [5, 5.41) is 42.4. The Morgan fingerprint density at radius 3 is 2.21 bits per heavy atom. The Morgan fingerprint density at radius 1 is 0.920 bits per heavy atom. The normalized spacial score (nSPS) is 17.7. The second-order valence-corrected chi connectivity index (χ2v) is 19.7. The molecule has 4 amide bonds. The molecule has 0 unspecified atom stereocenters. The first-order chi connectivity index (χ1) is 35.5. The number of hydrogen-bond donors (Lipinski definition) is 8. The number of Topliss-reactive ketones (excluding diaryl/α,β-unsaturated/α-hetero) is 2. The minimum atomic E-state index is -4.63. The molecule has 1 saturated carbocycles. The molecular weight excluding hydrogens is 1010 g/mol. The zero-order chi connectivity index (χ0) is 54.9. The van der Waals surface area contributed by atoms with Crippen LogP contribution in [-0.2, 0) is 60.6 Å². The summed E-state index contributed by atoms with van der Waals surface area (Å²) in [4.78, 5) is 62.9. The van der Waals surface area contributed by atoms with E-state index in [4.69, 9.17) is 25.1 Å². The van der Waals surface area contributed by atoms with E-state index in [9.17, 15) is 55.8 Å². The number of carbonyl (C=O) groups excluding carboxylic acids is 5. The fourth-order valence-electron chi connectivity index (χ4n) is 8.28. The molecule has 10 N–H and O–H groups in total. The molecule has 0 bridgehead atoms. The van der Waals surface area contributed by atoms with E-state index in [2.05, 4.69) is 30.5 Å². The number of urea groups is 1. The zero-order valence-electron chi connectivity index (χ0n) is 41.9. The van der Waals surface area contributed by atoms with Gasteiger partial charge in [0.1, 0.15) is 24.1 Å². The van der Waals surface area contributed by atoms with Crippen molar-refractivity contribution in [3.8, 4) is 11.3 Å². The number of ketones is 2. The number of nitrogens with zero attached hydrogens (tertiary/aromatic N) is 3. The smallest absolute Gasteiger partial charge is 0.390 e. The molecule has 1 aliphatic carbocycles. The maximum Gasteiger partial charge on any atom is 0.416 e. The van der Waals surface area contributed by atoms with Gasteiger partial charge >= 0.3 is 28.2 Å². The molecule has 0 aliphatic heterocycles. The Kier molecular flexibility index (Phi) is 22.4. The van der Waals surface area contributed by atoms with Gasteiger partial charge in [-0.3, -0.25) is 23.4 Å². The van der Waals surface area contributed by atoms with E-state index in [1.54, 1.807) is 61.0 Å². The standard InChI is InChI=1S/C49H66F3N9O13S/c1-30(2)44(58-42(64)15-19-72-21-23-73-22-20-71-18-14-31(3)62)40(63)26-34(7-5-16-55-48(53)68)47(67)56-37-11-9-32(10-12-37)28-60-17-13-41(57-39-25-35(45(65)46(39)66)29-74-75(54,69)70)61-43(60)27-38(59-61)33-6-4-8-36(24-33)49(50,51)52/h4,6,8-13,17,24,27,30,34-35,39,44-46,65-66H,5,7,14-16,18-23,25-26,28-29H2,1-3H3,(H7,53,54,55,56,58,64,67,68,69,70)/p+1/t34-,35-,39-,44+,45-,46+/m1/s1. The summed E-state index contributed by atoms with van der Waals surface area (Å²) >= 11 is 0. The van der Waals surface area contributed by atoms with Crippen LogP contribution in [-0.4, -0.2) is 135 Å². The van der Waals surface area contributed by atoms with Crippen molar-refractivity contribution in [1.82, 2.24) is 20.2 Å². The molecule has 26 heteroatoms. The van der Waals surface area contributed by atoms with Crippen LogP contribution < -0.4 is 36.7 Å². The highest BCUT2D eigenvalue weighted by Crippen LogP contribution is 2.33. The Morgan fingerprint density at radius 2 is 1.59 bits per heavy atom. The fraction of sp³-hybridized carbons (Fsp3) is 0.531. The van der Waals surface area contributed by atoms with Crippen LogP contribution in [0.25, 0.3) is 16.9 Å². The van der Waals surface area contributed by atoms with E-state index in [0.29, 0.717) is 44.0 Å². The van der Waals surface area contributed by atoms with Crippen molar-refractivity contribution in [2.75, 3.05) is 63.4 Å². The second-order valence-electron chi connectivity index (χ2n) is 18.5. The predicted octanol–water partition coefficient (Wildman–Crippen LogP) is 2.62. The van der Waals surface area contributed by atoms with E-state index >= 15 is 0 Å². The molecule has 5 rings (SSSR count). The summed E-state index contributed by atoms with van der Waals surface area (Å²) in [6.45, 7) is 6.44. The number of alkyl halides is 3. The number of benzene rings is 2. The lowest BCUT2D eigenvalue weighted by Crippen LogP contribution is -2.45. The number of rotatable bonds is 31. The summed E-state index contributed by atoms with van der Waals surface area (Å²) in [5.41, 5.74) is 6.21. The van der Waals surface area contributed by atoms with E-state index in [0.717, 1.165) is 17.7 Å². The molecule has 2 aromatic carbocycles. The molecule has 2 aromatic heterocycles. The van der Waals surface area contributed by atoms with Crippen molar-refractivity contribution in [1.29, 1.82) is 0 Å². The van der Waals surface area contributed by atoms with Crippen molar-refractivity contribution < 1.29 is 78.7 Å². The number of ether oxygens (including phenoxy) is 3. The number of nitrogens with one attached hydrogen (secondary N) is 4. The SMILES string of the molecule is CC(=O)CCOCCOCCOCCC(=O)N[C@H](C(=O)C[C@@H](CCCNC(N)=O)C(=O)Nc1ccc(C[n+]2ccc(N[C@@H]3C[C@H](COS(N)(=O)=O)[C@@H](O)[C@H]3O)n3nc(-c4cccc(C(F)(F)F)c4)cc32)cc1)C(C)C. The molecule has 2 heterocycles. The van der Waals surface area contributed by atoms with Gasteiger partial charge in [0.05, 0.1) is 82.3 Å². The third-order valence-corrected chi connectivity index (χ3v) is 12.7. The van der Waals surface area contributed by atoms with Crippen molar-refractivity contribution in [2.24, 2.45) is 28.6 Å². The fourth-order valence-corrected chi connectivity index (χ4v) is 8.65. The number of anilines is 2. The van der Waals surface area contributed by atoms with Gasteiger partial charge < -0.3 is 51.4 Å². The van der Waals surface area contributed by atoms with Crippen LogP contribution in [0.3, 0.4) is 0 Å². The highest BCUT2D eigenvalue weighted by Gasteiger charge is 2.43. The zero-order valence-corrected chi connectivity index (χ0v) is 42.7. The number of aliphatic hydroxyl groups excluding tert-OH is 2. The molecule has 0 radical (unpaired) electrons. The number of amides is 4. The minimum Gasteiger partial charge on any atom is -0.390 e. The van der Waals surface area contributed by atoms with Crippen LogP contribution in [0.2, 0.25) is 0 Å². The summed E-state index contributed by atoms with van der Waals surface area (Å²) in [5.74, 6) is -2.95. The molecule has 75 heavy (non-hydrogen) atoms. The van der Waals surface area contributed by atoms with Crippen LogP contribution in [0.1, 0.15) is 70.4 Å². The number of fused-ring (bicyclic) bond motifs is 1. The summed E-state index contributed by atoms with van der Waals surface area (Å²) < 4.78 is 88.2. The second kappa shape index (κ2) is 28.1. The van der Waals surface area contributed by atoms with E-state index in [-0.39, 0.29) is 93.2 Å². The largest absolute Gasteiger partial charge is 0.416 e. The van der Waals surface area contributed by atoms with Crippen molar-refractivity contribution in [3.63, 3.8) is 0 Å². The molecule has 1 fully saturated rings. The highest BCUT2D eigenvalue weighted by molar-refractivity contribution is 7.84. The van der Waals surface area contributed by atoms with Gasteiger partial charge in [-0.25, -0.2) is 14.5 Å². The van der Waals surface area contributed by atoms with Gasteiger partial charge in [0.2, 0.25) is 17.6 Å². The number of aromatic nitrogens is 3. The summed E-state index contributed by atoms with van der Waals surface area (Å²) in [6.07, 6.45) is -5.07. The lowest BCUT2D eigenvalue weighted by molar-refractivity contribution is -0.665. The van der Waals surface area contributed by atoms with Crippen molar-refractivity contribution in [3.05, 3.63) is 78.0 Å². The quantitative estimate of drug-likeness (QED) is 0.0265. The maximum atomic E-state index is 13.9. The highest BCUT2D eigenvalue weighted by atomic mass is 32.2. The Balaban J connectivity index is 1.26. The van der Waals surface area contributed by atoms with Gasteiger partial charge in [-0.2, -0.15) is 21.6 Å². The van der Waals surface area contributed by atoms with E-state index in [1.807, 2.05) is 0 Å². The average Bonchev–Trinajstić information content (AvgIpc) is 3.91. The Labute approximate surface area is 432 Å². The number of halogens is 3. The number of nitrogens with two attached hydrogens (primary N) is 2. The van der Waals surface area contributed by atoms with Gasteiger partial charge in [0.15, 0.2) is 5.78 Å². The third kappa shape index (κ3) is 19.2. The molecule has 0 spiro atoms. The first-order valence-corrected chi connectivity index (χ1v) is 25.8. The van der Waals surface area contributed by atoms with E-state index < -0.39 is 82.6 Å². The summed E-state index contributed by atoms with van der Waals surface area (Å²) in [6, 6.07) is 12.1. The third-order valence-electron chi connectivity index (χ3n) is 12.3. The number of carbonyl (C=O) groups is 5. The average molecular weight is 1080 g/mol. The van der Waals surface area contributed by atoms with Crippen molar-refractivity contribution in [2.45, 2.75) is 96.3 Å². The lowest BCUT2D eigenvalue weighted by Gasteiger charge is -2.24. The molecule has 22 nitrogen and oxygen atoms in total. The number of hydrogen-bond acceptors (Lipinski definition) is 15. The molecule has 6 atom stereocenters. The van der Waals surface area contributed by atoms with Gasteiger partial charge in [-0.05, 0) is 61.9 Å². The van der Waals surface area contributed by atoms with Crippen LogP contribution in [0, 0.1) is 17.8 Å². The van der Waals surface area contributed by atoms with Crippen LogP contribution in [0.15, 0.2) is 66.9 Å². The van der Waals surface area contributed by atoms with Gasteiger partial charge in [-0.1, -0.05) is 47.7 Å². The van der Waals surface area contributed by atoms with Gasteiger partial charge in [-0.15, -0.1) is 0 Å². The van der Waals surface area contributed by atoms with Crippen LogP contribution in [0.5, 0.6) is 0 Å². The number of primary amides is 1. The van der Waals surface area contributed by atoms with Gasteiger partial charge in [0, 0.05) is 55.0 Å². The predicted molar refractivity (Wildman–Crippen MR) is 266 cm³/mol. The molecule has 412 valence electrons. The van der Waals surface area contributed by atoms with Crippen molar-refractivity contribution >= 4 is 56.9 Å². The topological polar surface area (TPSA) is 318 Å². The monoisotopic (exact) mass is 1080 g/mol. The molecule has 1 aliphatic rings. The Hall–Kier alpha value is -6.13. The van der Waals surface area contributed by atoms with Crippen LogP contribution in [0.4, 0.5) is 29.5 Å². The molecule has 4 aromatic rings. The minimum absolute atomic E-state index is 0.0264.